The second-order valence-corrected chi connectivity index (χ2v) is 5.54. The van der Waals surface area contributed by atoms with Crippen LogP contribution in [0.2, 0.25) is 0 Å². The van der Waals surface area contributed by atoms with Crippen LogP contribution in [0.4, 0.5) is 5.13 Å². The third-order valence-corrected chi connectivity index (χ3v) is 3.99. The molecule has 0 bridgehead atoms. The Kier molecular flexibility index (Phi) is 3.27. The van der Waals surface area contributed by atoms with E-state index in [9.17, 15) is 4.79 Å². The fourth-order valence-electron chi connectivity index (χ4n) is 2.04. The normalized spacial score (nSPS) is 13.9. The van der Waals surface area contributed by atoms with Crippen molar-refractivity contribution in [1.29, 1.82) is 0 Å². The number of carbonyl (C=O) groups excluding carboxylic acids is 1. The van der Waals surface area contributed by atoms with Crippen molar-refractivity contribution in [1.82, 2.24) is 15.3 Å². The van der Waals surface area contributed by atoms with Gasteiger partial charge in [0.15, 0.2) is 5.13 Å². The van der Waals surface area contributed by atoms with Gasteiger partial charge in [-0.25, -0.2) is 4.98 Å². The summed E-state index contributed by atoms with van der Waals surface area (Å²) in [5, 5.41) is 6.83. The highest BCUT2D eigenvalue weighted by atomic mass is 32.1. The minimum atomic E-state index is -0.135. The minimum absolute atomic E-state index is 0.135. The van der Waals surface area contributed by atoms with Gasteiger partial charge in [0.25, 0.3) is 5.91 Å². The van der Waals surface area contributed by atoms with Crippen molar-refractivity contribution in [2.75, 3.05) is 11.9 Å². The van der Waals surface area contributed by atoms with Crippen LogP contribution in [0.15, 0.2) is 18.3 Å². The van der Waals surface area contributed by atoms with E-state index in [0.29, 0.717) is 10.7 Å². The van der Waals surface area contributed by atoms with Crippen molar-refractivity contribution in [3.05, 3.63) is 40.2 Å². The van der Waals surface area contributed by atoms with E-state index in [1.165, 1.54) is 4.88 Å². The van der Waals surface area contributed by atoms with Gasteiger partial charge in [-0.15, -0.1) is 11.3 Å². The number of nitrogens with zero attached hydrogens (tertiary/aromatic N) is 2. The number of thiazole rings is 1. The van der Waals surface area contributed by atoms with Gasteiger partial charge in [-0.1, -0.05) is 0 Å². The molecule has 0 aromatic carbocycles. The van der Waals surface area contributed by atoms with E-state index in [1.807, 2.05) is 6.92 Å². The summed E-state index contributed by atoms with van der Waals surface area (Å²) in [7, 11) is 0. The number of aromatic nitrogens is 2. The van der Waals surface area contributed by atoms with Crippen LogP contribution in [0.3, 0.4) is 0 Å². The summed E-state index contributed by atoms with van der Waals surface area (Å²) >= 11 is 1.54. The first-order valence-electron chi connectivity index (χ1n) is 6.15. The van der Waals surface area contributed by atoms with Gasteiger partial charge < -0.3 is 5.32 Å². The molecule has 0 aliphatic carbocycles. The maximum atomic E-state index is 12.1. The molecule has 2 aromatic heterocycles. The van der Waals surface area contributed by atoms with Crippen molar-refractivity contribution >= 4 is 22.4 Å². The molecule has 1 aliphatic rings. The standard InChI is InChI=1S/C13H14N4OS/c1-8-6-9(2-5-15-8)12(18)17-13-16-10-3-4-14-7-11(10)19-13/h2,5-6,14H,3-4,7H2,1H3,(H,16,17,18). The number of hydrogen-bond acceptors (Lipinski definition) is 5. The largest absolute Gasteiger partial charge is 0.311 e. The molecule has 0 spiro atoms. The van der Waals surface area contributed by atoms with Crippen molar-refractivity contribution in [2.24, 2.45) is 0 Å². The number of anilines is 1. The van der Waals surface area contributed by atoms with E-state index in [1.54, 1.807) is 29.7 Å². The quantitative estimate of drug-likeness (QED) is 0.875. The molecule has 0 unspecified atom stereocenters. The van der Waals surface area contributed by atoms with Crippen molar-refractivity contribution in [2.45, 2.75) is 19.9 Å². The molecule has 0 fully saturated rings. The highest BCUT2D eigenvalue weighted by Gasteiger charge is 2.16. The zero-order valence-electron chi connectivity index (χ0n) is 10.6. The summed E-state index contributed by atoms with van der Waals surface area (Å²) in [5.74, 6) is -0.135. The zero-order chi connectivity index (χ0) is 13.2. The molecule has 0 saturated carbocycles. The van der Waals surface area contributed by atoms with Crippen LogP contribution in [0.5, 0.6) is 0 Å². The van der Waals surface area contributed by atoms with E-state index < -0.39 is 0 Å². The predicted molar refractivity (Wildman–Crippen MR) is 74.5 cm³/mol. The molecule has 3 rings (SSSR count). The molecule has 2 N–H and O–H groups in total. The fraction of sp³-hybridized carbons (Fsp3) is 0.308. The van der Waals surface area contributed by atoms with Crippen LogP contribution in [0.25, 0.3) is 0 Å². The summed E-state index contributed by atoms with van der Waals surface area (Å²) < 4.78 is 0. The van der Waals surface area contributed by atoms with E-state index in [4.69, 9.17) is 0 Å². The van der Waals surface area contributed by atoms with E-state index in [2.05, 4.69) is 20.6 Å². The molecule has 98 valence electrons. The topological polar surface area (TPSA) is 66.9 Å². The van der Waals surface area contributed by atoms with Gasteiger partial charge >= 0.3 is 0 Å². The van der Waals surface area contributed by atoms with Gasteiger partial charge in [-0.3, -0.25) is 15.1 Å². The van der Waals surface area contributed by atoms with Crippen LogP contribution in [0.1, 0.15) is 26.6 Å². The lowest BCUT2D eigenvalue weighted by molar-refractivity contribution is 0.102. The Hall–Kier alpha value is -1.79. The number of nitrogens with one attached hydrogen (secondary N) is 2. The molecule has 19 heavy (non-hydrogen) atoms. The number of fused-ring (bicyclic) bond motifs is 1. The molecule has 0 saturated heterocycles. The second kappa shape index (κ2) is 5.07. The maximum absolute atomic E-state index is 12.1. The SMILES string of the molecule is Cc1cc(C(=O)Nc2nc3c(s2)CNCC3)ccn1. The molecule has 3 heterocycles. The summed E-state index contributed by atoms with van der Waals surface area (Å²) in [6.07, 6.45) is 2.57. The predicted octanol–water partition coefficient (Wildman–Crippen LogP) is 1.74. The molecule has 0 radical (unpaired) electrons. The number of aryl methyl sites for hydroxylation is 1. The van der Waals surface area contributed by atoms with Crippen LogP contribution < -0.4 is 10.6 Å². The Bertz CT molecular complexity index is 599. The van der Waals surface area contributed by atoms with Crippen molar-refractivity contribution in [3.8, 4) is 0 Å². The Balaban J connectivity index is 1.77. The van der Waals surface area contributed by atoms with Gasteiger partial charge in [0.1, 0.15) is 0 Å². The smallest absolute Gasteiger partial charge is 0.257 e. The van der Waals surface area contributed by atoms with E-state index in [-0.39, 0.29) is 5.91 Å². The molecular weight excluding hydrogens is 260 g/mol. The van der Waals surface area contributed by atoms with Crippen molar-refractivity contribution in [3.63, 3.8) is 0 Å². The summed E-state index contributed by atoms with van der Waals surface area (Å²) in [6, 6.07) is 3.47. The molecule has 1 amide bonds. The summed E-state index contributed by atoms with van der Waals surface area (Å²) in [4.78, 5) is 21.9. The van der Waals surface area contributed by atoms with Gasteiger partial charge in [0.2, 0.25) is 0 Å². The Morgan fingerprint density at radius 1 is 1.53 bits per heavy atom. The first-order valence-corrected chi connectivity index (χ1v) is 6.97. The second-order valence-electron chi connectivity index (χ2n) is 4.46. The Morgan fingerprint density at radius 2 is 2.42 bits per heavy atom. The molecule has 5 nitrogen and oxygen atoms in total. The number of rotatable bonds is 2. The number of carbonyl (C=O) groups is 1. The first-order chi connectivity index (χ1) is 9.22. The lowest BCUT2D eigenvalue weighted by atomic mass is 10.2. The molecule has 1 aliphatic heterocycles. The van der Waals surface area contributed by atoms with Gasteiger partial charge in [-0.2, -0.15) is 0 Å². The minimum Gasteiger partial charge on any atom is -0.311 e. The monoisotopic (exact) mass is 274 g/mol. The highest BCUT2D eigenvalue weighted by Crippen LogP contribution is 2.25. The van der Waals surface area contributed by atoms with Gasteiger partial charge in [-0.05, 0) is 19.1 Å². The van der Waals surface area contributed by atoms with E-state index in [0.717, 1.165) is 30.9 Å². The lowest BCUT2D eigenvalue weighted by Gasteiger charge is -2.09. The van der Waals surface area contributed by atoms with Crippen molar-refractivity contribution < 1.29 is 4.79 Å². The Labute approximate surface area is 115 Å². The highest BCUT2D eigenvalue weighted by molar-refractivity contribution is 7.15. The zero-order valence-corrected chi connectivity index (χ0v) is 11.4. The van der Waals surface area contributed by atoms with Gasteiger partial charge in [0, 0.05) is 41.8 Å². The summed E-state index contributed by atoms with van der Waals surface area (Å²) in [6.45, 7) is 3.66. The molecule has 2 aromatic rings. The van der Waals surface area contributed by atoms with E-state index >= 15 is 0 Å². The summed E-state index contributed by atoms with van der Waals surface area (Å²) in [5.41, 5.74) is 2.54. The molecule has 6 heteroatoms. The molecular formula is C13H14N4OS. The van der Waals surface area contributed by atoms with Crippen LogP contribution in [-0.2, 0) is 13.0 Å². The third-order valence-electron chi connectivity index (χ3n) is 2.98. The average molecular weight is 274 g/mol. The average Bonchev–Trinajstić information content (AvgIpc) is 2.80. The van der Waals surface area contributed by atoms with Crippen LogP contribution in [-0.4, -0.2) is 22.4 Å². The lowest BCUT2D eigenvalue weighted by Crippen LogP contribution is -2.22. The number of amides is 1. The van der Waals surface area contributed by atoms with Crippen LogP contribution in [0, 0.1) is 6.92 Å². The fourth-order valence-corrected chi connectivity index (χ4v) is 3.01. The first kappa shape index (κ1) is 12.3. The van der Waals surface area contributed by atoms with Crippen LogP contribution >= 0.6 is 11.3 Å². The Morgan fingerprint density at radius 3 is 3.21 bits per heavy atom. The molecule has 0 atom stereocenters. The number of pyridine rings is 1. The maximum Gasteiger partial charge on any atom is 0.257 e. The van der Waals surface area contributed by atoms with Gasteiger partial charge in [0.05, 0.1) is 5.69 Å². The number of hydrogen-bond donors (Lipinski definition) is 2. The third kappa shape index (κ3) is 2.64.